The number of anilines is 1. The van der Waals surface area contributed by atoms with Gasteiger partial charge in [-0.2, -0.15) is 0 Å². The van der Waals surface area contributed by atoms with Gasteiger partial charge in [-0.25, -0.2) is 14.8 Å². The SMILES string of the molecule is CCCOc1cc(NCc2ccc(C(=O)O)cc2)ncn1. The van der Waals surface area contributed by atoms with Gasteiger partial charge in [0.15, 0.2) is 0 Å². The minimum atomic E-state index is -0.928. The van der Waals surface area contributed by atoms with E-state index in [1.54, 1.807) is 30.3 Å². The van der Waals surface area contributed by atoms with Crippen LogP contribution in [0.3, 0.4) is 0 Å². The Kier molecular flexibility index (Phi) is 5.09. The van der Waals surface area contributed by atoms with Gasteiger partial charge in [0.05, 0.1) is 12.2 Å². The Morgan fingerprint density at radius 1 is 1.29 bits per heavy atom. The number of nitrogens with zero attached hydrogens (tertiary/aromatic N) is 2. The minimum Gasteiger partial charge on any atom is -0.478 e. The van der Waals surface area contributed by atoms with Gasteiger partial charge in [-0.15, -0.1) is 0 Å². The molecule has 2 aromatic rings. The van der Waals surface area contributed by atoms with E-state index in [1.165, 1.54) is 6.33 Å². The van der Waals surface area contributed by atoms with Gasteiger partial charge in [0.25, 0.3) is 0 Å². The van der Waals surface area contributed by atoms with Crippen molar-refractivity contribution < 1.29 is 14.6 Å². The van der Waals surface area contributed by atoms with Crippen LogP contribution in [0, 0.1) is 0 Å². The fourth-order valence-electron chi connectivity index (χ4n) is 1.68. The summed E-state index contributed by atoms with van der Waals surface area (Å²) < 4.78 is 5.43. The molecule has 0 atom stereocenters. The fraction of sp³-hybridized carbons (Fsp3) is 0.267. The van der Waals surface area contributed by atoms with Crippen LogP contribution in [0.15, 0.2) is 36.7 Å². The second kappa shape index (κ2) is 7.23. The highest BCUT2D eigenvalue weighted by Gasteiger charge is 2.03. The molecule has 6 nitrogen and oxygen atoms in total. The highest BCUT2D eigenvalue weighted by molar-refractivity contribution is 5.87. The zero-order valence-corrected chi connectivity index (χ0v) is 11.7. The van der Waals surface area contributed by atoms with E-state index in [0.29, 0.717) is 24.8 Å². The van der Waals surface area contributed by atoms with Gasteiger partial charge in [-0.05, 0) is 24.1 Å². The van der Waals surface area contributed by atoms with Crippen molar-refractivity contribution in [3.05, 3.63) is 47.8 Å². The quantitative estimate of drug-likeness (QED) is 0.814. The van der Waals surface area contributed by atoms with Crippen LogP contribution in [-0.4, -0.2) is 27.7 Å². The molecular formula is C15H17N3O3. The van der Waals surface area contributed by atoms with E-state index in [0.717, 1.165) is 12.0 Å². The summed E-state index contributed by atoms with van der Waals surface area (Å²) in [4.78, 5) is 18.9. The van der Waals surface area contributed by atoms with Crippen molar-refractivity contribution in [2.24, 2.45) is 0 Å². The molecule has 0 saturated carbocycles. The Labute approximate surface area is 122 Å². The number of aromatic nitrogens is 2. The largest absolute Gasteiger partial charge is 0.478 e. The molecule has 0 radical (unpaired) electrons. The molecule has 2 N–H and O–H groups in total. The predicted octanol–water partition coefficient (Wildman–Crippen LogP) is 2.58. The van der Waals surface area contributed by atoms with Crippen LogP contribution in [0.1, 0.15) is 29.3 Å². The Morgan fingerprint density at radius 2 is 2.05 bits per heavy atom. The van der Waals surface area contributed by atoms with Crippen molar-refractivity contribution in [2.45, 2.75) is 19.9 Å². The zero-order chi connectivity index (χ0) is 15.1. The molecule has 0 spiro atoms. The van der Waals surface area contributed by atoms with E-state index >= 15 is 0 Å². The lowest BCUT2D eigenvalue weighted by atomic mass is 10.1. The van der Waals surface area contributed by atoms with Gasteiger partial charge in [-0.1, -0.05) is 19.1 Å². The monoisotopic (exact) mass is 287 g/mol. The number of carboxylic acids is 1. The van der Waals surface area contributed by atoms with Crippen LogP contribution in [0.4, 0.5) is 5.82 Å². The second-order valence-corrected chi connectivity index (χ2v) is 4.45. The first-order valence-corrected chi connectivity index (χ1v) is 6.70. The van der Waals surface area contributed by atoms with Crippen molar-refractivity contribution in [1.29, 1.82) is 0 Å². The Balaban J connectivity index is 1.94. The molecule has 2 rings (SSSR count). The van der Waals surface area contributed by atoms with Gasteiger partial charge >= 0.3 is 5.97 Å². The Hall–Kier alpha value is -2.63. The van der Waals surface area contributed by atoms with Crippen LogP contribution in [0.25, 0.3) is 0 Å². The highest BCUT2D eigenvalue weighted by atomic mass is 16.5. The standard InChI is InChI=1S/C15H17N3O3/c1-2-7-21-14-8-13(17-10-18-14)16-9-11-3-5-12(6-4-11)15(19)20/h3-6,8,10H,2,7,9H2,1H3,(H,19,20)(H,16,17,18). The number of aromatic carboxylic acids is 1. The van der Waals surface area contributed by atoms with Crippen molar-refractivity contribution in [3.8, 4) is 5.88 Å². The van der Waals surface area contributed by atoms with Crippen molar-refractivity contribution in [3.63, 3.8) is 0 Å². The zero-order valence-electron chi connectivity index (χ0n) is 11.7. The highest BCUT2D eigenvalue weighted by Crippen LogP contribution is 2.13. The number of hydrogen-bond donors (Lipinski definition) is 2. The van der Waals surface area contributed by atoms with E-state index in [4.69, 9.17) is 9.84 Å². The average Bonchev–Trinajstić information content (AvgIpc) is 2.52. The molecular weight excluding hydrogens is 270 g/mol. The molecule has 0 fully saturated rings. The first kappa shape index (κ1) is 14.8. The number of carboxylic acid groups (broad SMARTS) is 1. The van der Waals surface area contributed by atoms with E-state index in [2.05, 4.69) is 15.3 Å². The first-order valence-electron chi connectivity index (χ1n) is 6.70. The van der Waals surface area contributed by atoms with Crippen molar-refractivity contribution in [1.82, 2.24) is 9.97 Å². The molecule has 0 amide bonds. The third-order valence-electron chi connectivity index (χ3n) is 2.77. The van der Waals surface area contributed by atoms with Gasteiger partial charge in [-0.3, -0.25) is 0 Å². The smallest absolute Gasteiger partial charge is 0.335 e. The van der Waals surface area contributed by atoms with Crippen LogP contribution in [0.5, 0.6) is 5.88 Å². The van der Waals surface area contributed by atoms with Crippen LogP contribution in [0.2, 0.25) is 0 Å². The van der Waals surface area contributed by atoms with E-state index < -0.39 is 5.97 Å². The molecule has 21 heavy (non-hydrogen) atoms. The number of benzene rings is 1. The lowest BCUT2D eigenvalue weighted by molar-refractivity contribution is 0.0697. The van der Waals surface area contributed by atoms with E-state index in [-0.39, 0.29) is 5.56 Å². The lowest BCUT2D eigenvalue weighted by Crippen LogP contribution is -2.04. The van der Waals surface area contributed by atoms with Crippen LogP contribution >= 0.6 is 0 Å². The third-order valence-corrected chi connectivity index (χ3v) is 2.77. The molecule has 0 saturated heterocycles. The molecule has 1 aromatic heterocycles. The van der Waals surface area contributed by atoms with Crippen LogP contribution in [-0.2, 0) is 6.54 Å². The topological polar surface area (TPSA) is 84.3 Å². The summed E-state index contributed by atoms with van der Waals surface area (Å²) in [6.45, 7) is 3.19. The number of carbonyl (C=O) groups is 1. The van der Waals surface area contributed by atoms with Gasteiger partial charge in [0.1, 0.15) is 12.1 Å². The number of ether oxygens (including phenoxy) is 1. The predicted molar refractivity (Wildman–Crippen MR) is 78.5 cm³/mol. The maximum absolute atomic E-state index is 10.8. The third kappa shape index (κ3) is 4.45. The summed E-state index contributed by atoms with van der Waals surface area (Å²) in [5, 5.41) is 12.0. The average molecular weight is 287 g/mol. The van der Waals surface area contributed by atoms with E-state index in [9.17, 15) is 4.79 Å². The Bertz CT molecular complexity index is 599. The molecule has 0 aliphatic rings. The lowest BCUT2D eigenvalue weighted by Gasteiger charge is -2.08. The summed E-state index contributed by atoms with van der Waals surface area (Å²) in [5.74, 6) is 0.275. The van der Waals surface area contributed by atoms with Crippen molar-refractivity contribution in [2.75, 3.05) is 11.9 Å². The maximum atomic E-state index is 10.8. The molecule has 0 unspecified atom stereocenters. The summed E-state index contributed by atoms with van der Waals surface area (Å²) >= 11 is 0. The molecule has 1 heterocycles. The second-order valence-electron chi connectivity index (χ2n) is 4.45. The molecule has 6 heteroatoms. The minimum absolute atomic E-state index is 0.274. The number of rotatable bonds is 7. The molecule has 0 aliphatic carbocycles. The number of nitrogens with one attached hydrogen (secondary N) is 1. The molecule has 0 bridgehead atoms. The van der Waals surface area contributed by atoms with Crippen molar-refractivity contribution >= 4 is 11.8 Å². The first-order chi connectivity index (χ1) is 10.2. The Morgan fingerprint density at radius 3 is 2.71 bits per heavy atom. The molecule has 0 aliphatic heterocycles. The molecule has 110 valence electrons. The summed E-state index contributed by atoms with van der Waals surface area (Å²) in [7, 11) is 0. The fourth-order valence-corrected chi connectivity index (χ4v) is 1.68. The molecule has 1 aromatic carbocycles. The summed E-state index contributed by atoms with van der Waals surface area (Å²) in [5.41, 5.74) is 1.24. The number of hydrogen-bond acceptors (Lipinski definition) is 5. The van der Waals surface area contributed by atoms with Gasteiger partial charge in [0, 0.05) is 12.6 Å². The van der Waals surface area contributed by atoms with Gasteiger partial charge < -0.3 is 15.2 Å². The summed E-state index contributed by atoms with van der Waals surface area (Å²) in [6, 6.07) is 8.43. The van der Waals surface area contributed by atoms with E-state index in [1.807, 2.05) is 6.92 Å². The summed E-state index contributed by atoms with van der Waals surface area (Å²) in [6.07, 6.45) is 2.36. The van der Waals surface area contributed by atoms with Crippen LogP contribution < -0.4 is 10.1 Å². The normalized spacial score (nSPS) is 10.1. The van der Waals surface area contributed by atoms with Gasteiger partial charge in [0.2, 0.25) is 5.88 Å². The maximum Gasteiger partial charge on any atom is 0.335 e.